The van der Waals surface area contributed by atoms with Gasteiger partial charge in [0.25, 0.3) is 5.91 Å². The molecule has 0 spiro atoms. The average Bonchev–Trinajstić information content (AvgIpc) is 2.47. The normalized spacial score (nSPS) is 9.95. The number of ether oxygens (including phenoxy) is 1. The molecule has 0 aromatic heterocycles. The van der Waals surface area contributed by atoms with Crippen molar-refractivity contribution in [2.75, 3.05) is 6.54 Å². The van der Waals surface area contributed by atoms with Crippen LogP contribution in [0.15, 0.2) is 54.6 Å². The summed E-state index contributed by atoms with van der Waals surface area (Å²) in [5, 5.41) is 2.78. The fourth-order valence-electron chi connectivity index (χ4n) is 1.77. The summed E-state index contributed by atoms with van der Waals surface area (Å²) in [5.74, 6) is 0.503. The van der Waals surface area contributed by atoms with Crippen molar-refractivity contribution in [1.82, 2.24) is 5.32 Å². The molecule has 0 bridgehead atoms. The molecule has 3 heteroatoms. The highest BCUT2D eigenvalue weighted by molar-refractivity contribution is 5.96. The first-order valence-electron chi connectivity index (χ1n) is 6.35. The zero-order valence-corrected chi connectivity index (χ0v) is 10.9. The Morgan fingerprint density at radius 2 is 1.74 bits per heavy atom. The van der Waals surface area contributed by atoms with Crippen molar-refractivity contribution in [2.45, 2.75) is 13.5 Å². The van der Waals surface area contributed by atoms with E-state index in [0.29, 0.717) is 24.5 Å². The van der Waals surface area contributed by atoms with Crippen molar-refractivity contribution in [3.8, 4) is 5.75 Å². The van der Waals surface area contributed by atoms with Crippen molar-refractivity contribution < 1.29 is 9.53 Å². The second kappa shape index (κ2) is 6.59. The number of rotatable bonds is 5. The van der Waals surface area contributed by atoms with Gasteiger partial charge in [-0.15, -0.1) is 0 Å². The van der Waals surface area contributed by atoms with Crippen molar-refractivity contribution in [1.29, 1.82) is 0 Å². The molecule has 98 valence electrons. The van der Waals surface area contributed by atoms with E-state index >= 15 is 0 Å². The zero-order valence-electron chi connectivity index (χ0n) is 10.9. The Bertz CT molecular complexity index is 537. The Morgan fingerprint density at radius 3 is 2.47 bits per heavy atom. The number of carbonyl (C=O) groups excluding carboxylic acids is 1. The van der Waals surface area contributed by atoms with Gasteiger partial charge < -0.3 is 10.1 Å². The van der Waals surface area contributed by atoms with Crippen molar-refractivity contribution in [2.24, 2.45) is 0 Å². The molecule has 1 amide bonds. The topological polar surface area (TPSA) is 38.3 Å². The Kier molecular flexibility index (Phi) is 4.56. The van der Waals surface area contributed by atoms with E-state index in [1.165, 1.54) is 0 Å². The lowest BCUT2D eigenvalue weighted by atomic mass is 10.2. The number of para-hydroxylation sites is 1. The van der Waals surface area contributed by atoms with E-state index in [0.717, 1.165) is 5.56 Å². The number of nitrogens with one attached hydrogen (secondary N) is 1. The summed E-state index contributed by atoms with van der Waals surface area (Å²) >= 11 is 0. The van der Waals surface area contributed by atoms with Gasteiger partial charge in [-0.25, -0.2) is 0 Å². The summed E-state index contributed by atoms with van der Waals surface area (Å²) in [6.07, 6.45) is 0. The van der Waals surface area contributed by atoms with Gasteiger partial charge in [0, 0.05) is 6.54 Å². The standard InChI is InChI=1S/C16H17NO2/c1-2-17-16(18)14-10-6-7-11-15(14)19-12-13-8-4-3-5-9-13/h3-11H,2,12H2,1H3,(H,17,18). The lowest BCUT2D eigenvalue weighted by Gasteiger charge is -2.11. The SMILES string of the molecule is CCNC(=O)c1ccccc1OCc1ccccc1. The Labute approximate surface area is 113 Å². The van der Waals surface area contributed by atoms with Gasteiger partial charge in [0.2, 0.25) is 0 Å². The lowest BCUT2D eigenvalue weighted by Crippen LogP contribution is -2.23. The van der Waals surface area contributed by atoms with Crippen LogP contribution in [0.1, 0.15) is 22.8 Å². The molecule has 0 aliphatic rings. The second-order valence-electron chi connectivity index (χ2n) is 4.13. The first-order valence-corrected chi connectivity index (χ1v) is 6.35. The molecule has 1 N–H and O–H groups in total. The van der Waals surface area contributed by atoms with E-state index in [-0.39, 0.29) is 5.91 Å². The van der Waals surface area contributed by atoms with Gasteiger partial charge in [0.1, 0.15) is 12.4 Å². The third kappa shape index (κ3) is 3.58. The van der Waals surface area contributed by atoms with E-state index in [9.17, 15) is 4.79 Å². The van der Waals surface area contributed by atoms with Gasteiger partial charge >= 0.3 is 0 Å². The fourth-order valence-corrected chi connectivity index (χ4v) is 1.77. The molecule has 0 saturated carbocycles. The smallest absolute Gasteiger partial charge is 0.255 e. The van der Waals surface area contributed by atoms with Gasteiger partial charge in [0.05, 0.1) is 5.56 Å². The predicted octanol–water partition coefficient (Wildman–Crippen LogP) is 3.02. The van der Waals surface area contributed by atoms with Gasteiger partial charge in [0.15, 0.2) is 0 Å². The maximum atomic E-state index is 11.9. The lowest BCUT2D eigenvalue weighted by molar-refractivity contribution is 0.0951. The van der Waals surface area contributed by atoms with Crippen LogP contribution in [0.5, 0.6) is 5.75 Å². The molecular formula is C16H17NO2. The van der Waals surface area contributed by atoms with Crippen LogP contribution in [-0.4, -0.2) is 12.5 Å². The quantitative estimate of drug-likeness (QED) is 0.892. The van der Waals surface area contributed by atoms with Crippen LogP contribution < -0.4 is 10.1 Å². The number of carbonyl (C=O) groups is 1. The minimum atomic E-state index is -0.105. The molecule has 0 unspecified atom stereocenters. The predicted molar refractivity (Wildman–Crippen MR) is 75.2 cm³/mol. The third-order valence-electron chi connectivity index (χ3n) is 2.71. The van der Waals surface area contributed by atoms with Gasteiger partial charge in [-0.1, -0.05) is 42.5 Å². The molecule has 0 atom stereocenters. The van der Waals surface area contributed by atoms with Crippen LogP contribution in [0.2, 0.25) is 0 Å². The van der Waals surface area contributed by atoms with Gasteiger partial charge in [-0.05, 0) is 24.6 Å². The molecule has 19 heavy (non-hydrogen) atoms. The summed E-state index contributed by atoms with van der Waals surface area (Å²) < 4.78 is 5.73. The van der Waals surface area contributed by atoms with E-state index in [1.807, 2.05) is 55.5 Å². The monoisotopic (exact) mass is 255 g/mol. The molecule has 0 aliphatic carbocycles. The molecule has 0 fully saturated rings. The van der Waals surface area contributed by atoms with Crippen LogP contribution >= 0.6 is 0 Å². The second-order valence-corrected chi connectivity index (χ2v) is 4.13. The highest BCUT2D eigenvalue weighted by atomic mass is 16.5. The van der Waals surface area contributed by atoms with E-state index in [4.69, 9.17) is 4.74 Å². The molecule has 0 aliphatic heterocycles. The highest BCUT2D eigenvalue weighted by Gasteiger charge is 2.10. The largest absolute Gasteiger partial charge is 0.488 e. The first kappa shape index (κ1) is 13.1. The molecule has 3 nitrogen and oxygen atoms in total. The van der Waals surface area contributed by atoms with Crippen LogP contribution in [0.3, 0.4) is 0 Å². The maximum Gasteiger partial charge on any atom is 0.255 e. The van der Waals surface area contributed by atoms with E-state index in [1.54, 1.807) is 6.07 Å². The Balaban J connectivity index is 2.10. The molecule has 2 aromatic rings. The van der Waals surface area contributed by atoms with Crippen LogP contribution in [0.4, 0.5) is 0 Å². The summed E-state index contributed by atoms with van der Waals surface area (Å²) in [6.45, 7) is 2.95. The summed E-state index contributed by atoms with van der Waals surface area (Å²) in [5.41, 5.74) is 1.65. The molecule has 0 heterocycles. The molecule has 2 aromatic carbocycles. The van der Waals surface area contributed by atoms with Crippen molar-refractivity contribution in [3.05, 3.63) is 65.7 Å². The Hall–Kier alpha value is -2.29. The van der Waals surface area contributed by atoms with Crippen molar-refractivity contribution >= 4 is 5.91 Å². The molecule has 0 saturated heterocycles. The zero-order chi connectivity index (χ0) is 13.5. The summed E-state index contributed by atoms with van der Waals surface area (Å²) in [6, 6.07) is 17.2. The van der Waals surface area contributed by atoms with Crippen LogP contribution in [0.25, 0.3) is 0 Å². The average molecular weight is 255 g/mol. The first-order chi connectivity index (χ1) is 9.31. The number of amides is 1. The number of hydrogen-bond donors (Lipinski definition) is 1. The minimum Gasteiger partial charge on any atom is -0.488 e. The van der Waals surface area contributed by atoms with Gasteiger partial charge in [-0.3, -0.25) is 4.79 Å². The van der Waals surface area contributed by atoms with Crippen molar-refractivity contribution in [3.63, 3.8) is 0 Å². The molecular weight excluding hydrogens is 238 g/mol. The van der Waals surface area contributed by atoms with Gasteiger partial charge in [-0.2, -0.15) is 0 Å². The van der Waals surface area contributed by atoms with Crippen LogP contribution in [0, 0.1) is 0 Å². The van der Waals surface area contributed by atoms with E-state index in [2.05, 4.69) is 5.32 Å². The number of hydrogen-bond acceptors (Lipinski definition) is 2. The third-order valence-corrected chi connectivity index (χ3v) is 2.71. The highest BCUT2D eigenvalue weighted by Crippen LogP contribution is 2.19. The number of benzene rings is 2. The van der Waals surface area contributed by atoms with Crippen LogP contribution in [-0.2, 0) is 6.61 Å². The summed E-state index contributed by atoms with van der Waals surface area (Å²) in [4.78, 5) is 11.9. The summed E-state index contributed by atoms with van der Waals surface area (Å²) in [7, 11) is 0. The van der Waals surface area contributed by atoms with E-state index < -0.39 is 0 Å². The molecule has 2 rings (SSSR count). The fraction of sp³-hybridized carbons (Fsp3) is 0.188. The molecule has 0 radical (unpaired) electrons. The maximum absolute atomic E-state index is 11.9. The Morgan fingerprint density at radius 1 is 1.05 bits per heavy atom. The minimum absolute atomic E-state index is 0.105.